The average molecular weight is 423 g/mol. The molecule has 0 spiro atoms. The lowest BCUT2D eigenvalue weighted by atomic mass is 10.1. The molecule has 0 radical (unpaired) electrons. The van der Waals surface area contributed by atoms with Gasteiger partial charge in [-0.15, -0.1) is 11.3 Å². The van der Waals surface area contributed by atoms with Crippen LogP contribution in [0, 0.1) is 13.8 Å². The Balaban J connectivity index is 1.35. The summed E-state index contributed by atoms with van der Waals surface area (Å²) in [7, 11) is 0. The number of fused-ring (bicyclic) bond motifs is 1. The molecule has 1 aromatic carbocycles. The first-order valence-corrected chi connectivity index (χ1v) is 10.4. The van der Waals surface area contributed by atoms with Gasteiger partial charge in [-0.25, -0.2) is 9.97 Å². The Morgan fingerprint density at radius 2 is 2.07 bits per heavy atom. The van der Waals surface area contributed by atoms with Crippen molar-refractivity contribution in [2.45, 2.75) is 26.8 Å². The fraction of sp³-hybridized carbons (Fsp3) is 0.286. The van der Waals surface area contributed by atoms with Crippen LogP contribution < -0.4 is 10.6 Å². The molecule has 1 aliphatic heterocycles. The van der Waals surface area contributed by atoms with Crippen molar-refractivity contribution in [2.24, 2.45) is 0 Å². The molecule has 0 saturated carbocycles. The van der Waals surface area contributed by atoms with E-state index in [9.17, 15) is 9.59 Å². The zero-order chi connectivity index (χ0) is 21.1. The van der Waals surface area contributed by atoms with Crippen molar-refractivity contribution in [3.63, 3.8) is 0 Å². The van der Waals surface area contributed by atoms with Gasteiger partial charge in [0, 0.05) is 42.5 Å². The molecule has 154 valence electrons. The Morgan fingerprint density at radius 3 is 2.83 bits per heavy atom. The van der Waals surface area contributed by atoms with Gasteiger partial charge in [0.1, 0.15) is 5.69 Å². The topological polar surface area (TPSA) is 100 Å². The van der Waals surface area contributed by atoms with Gasteiger partial charge in [0.05, 0.1) is 18.4 Å². The second-order valence-electron chi connectivity index (χ2n) is 7.26. The molecule has 1 aliphatic rings. The highest BCUT2D eigenvalue weighted by atomic mass is 32.1. The third kappa shape index (κ3) is 4.69. The van der Waals surface area contributed by atoms with Gasteiger partial charge < -0.3 is 5.32 Å². The summed E-state index contributed by atoms with van der Waals surface area (Å²) in [6.45, 7) is 5.71. The monoisotopic (exact) mass is 422 g/mol. The summed E-state index contributed by atoms with van der Waals surface area (Å²) < 4.78 is 0. The predicted octanol–water partition coefficient (Wildman–Crippen LogP) is 2.80. The summed E-state index contributed by atoms with van der Waals surface area (Å²) in [6.07, 6.45) is 5.15. The number of thiazole rings is 1. The van der Waals surface area contributed by atoms with Crippen molar-refractivity contribution in [1.82, 2.24) is 19.9 Å². The number of benzene rings is 1. The zero-order valence-electron chi connectivity index (χ0n) is 16.8. The fourth-order valence-electron chi connectivity index (χ4n) is 3.36. The molecule has 0 fully saturated rings. The van der Waals surface area contributed by atoms with Gasteiger partial charge in [0.15, 0.2) is 5.13 Å². The van der Waals surface area contributed by atoms with E-state index < -0.39 is 0 Å². The SMILES string of the molecule is Cc1ccc(NC(=O)CN2CCc3nc(NC(=O)c4cnccn4)sc3C2)c(C)c1. The number of amides is 2. The van der Waals surface area contributed by atoms with Gasteiger partial charge in [-0.2, -0.15) is 0 Å². The molecule has 0 bridgehead atoms. The first kappa shape index (κ1) is 20.1. The lowest BCUT2D eigenvalue weighted by Gasteiger charge is -2.25. The first-order chi connectivity index (χ1) is 14.5. The highest BCUT2D eigenvalue weighted by Gasteiger charge is 2.23. The molecular weight excluding hydrogens is 400 g/mol. The van der Waals surface area contributed by atoms with Crippen LogP contribution in [0.3, 0.4) is 0 Å². The number of nitrogens with zero attached hydrogens (tertiary/aromatic N) is 4. The van der Waals surface area contributed by atoms with Crippen LogP contribution in [0.1, 0.15) is 32.2 Å². The maximum Gasteiger partial charge on any atom is 0.277 e. The van der Waals surface area contributed by atoms with E-state index >= 15 is 0 Å². The van der Waals surface area contributed by atoms with Crippen molar-refractivity contribution >= 4 is 34.0 Å². The van der Waals surface area contributed by atoms with E-state index in [0.717, 1.165) is 34.8 Å². The minimum atomic E-state index is -0.334. The quantitative estimate of drug-likeness (QED) is 0.656. The molecule has 2 N–H and O–H groups in total. The summed E-state index contributed by atoms with van der Waals surface area (Å²) in [6, 6.07) is 5.98. The molecule has 3 aromatic rings. The highest BCUT2D eigenvalue weighted by Crippen LogP contribution is 2.28. The van der Waals surface area contributed by atoms with Crippen LogP contribution in [0.5, 0.6) is 0 Å². The number of anilines is 2. The van der Waals surface area contributed by atoms with E-state index in [1.54, 1.807) is 0 Å². The van der Waals surface area contributed by atoms with Gasteiger partial charge in [0.25, 0.3) is 5.91 Å². The minimum absolute atomic E-state index is 0.0360. The van der Waals surface area contributed by atoms with E-state index in [-0.39, 0.29) is 17.5 Å². The molecular formula is C21H22N6O2S. The third-order valence-corrected chi connectivity index (χ3v) is 5.85. The lowest BCUT2D eigenvalue weighted by Crippen LogP contribution is -2.36. The van der Waals surface area contributed by atoms with E-state index in [1.165, 1.54) is 35.5 Å². The molecule has 2 aromatic heterocycles. The molecule has 0 aliphatic carbocycles. The Kier molecular flexibility index (Phi) is 5.82. The van der Waals surface area contributed by atoms with E-state index in [2.05, 4.69) is 36.6 Å². The summed E-state index contributed by atoms with van der Waals surface area (Å²) in [5.74, 6) is -0.370. The van der Waals surface area contributed by atoms with Crippen molar-refractivity contribution in [1.29, 1.82) is 0 Å². The van der Waals surface area contributed by atoms with E-state index in [1.807, 2.05) is 26.0 Å². The smallest absolute Gasteiger partial charge is 0.277 e. The Hall–Kier alpha value is -3.17. The number of rotatable bonds is 5. The van der Waals surface area contributed by atoms with Gasteiger partial charge in [-0.3, -0.25) is 24.8 Å². The van der Waals surface area contributed by atoms with Crippen molar-refractivity contribution in [2.75, 3.05) is 23.7 Å². The Morgan fingerprint density at radius 1 is 1.20 bits per heavy atom. The van der Waals surface area contributed by atoms with Crippen LogP contribution in [0.4, 0.5) is 10.8 Å². The largest absolute Gasteiger partial charge is 0.325 e. The van der Waals surface area contributed by atoms with Crippen LogP contribution in [0.25, 0.3) is 0 Å². The summed E-state index contributed by atoms with van der Waals surface area (Å²) in [5.41, 5.74) is 4.28. The molecule has 9 heteroatoms. The van der Waals surface area contributed by atoms with Gasteiger partial charge in [-0.1, -0.05) is 17.7 Å². The average Bonchev–Trinajstić information content (AvgIpc) is 3.12. The van der Waals surface area contributed by atoms with Gasteiger partial charge >= 0.3 is 0 Å². The van der Waals surface area contributed by atoms with Crippen molar-refractivity contribution < 1.29 is 9.59 Å². The van der Waals surface area contributed by atoms with Crippen LogP contribution >= 0.6 is 11.3 Å². The number of aryl methyl sites for hydroxylation is 2. The first-order valence-electron chi connectivity index (χ1n) is 9.63. The fourth-order valence-corrected chi connectivity index (χ4v) is 4.41. The van der Waals surface area contributed by atoms with Crippen molar-refractivity contribution in [3.8, 4) is 0 Å². The van der Waals surface area contributed by atoms with Crippen LogP contribution in [0.2, 0.25) is 0 Å². The van der Waals surface area contributed by atoms with Crippen LogP contribution in [0.15, 0.2) is 36.8 Å². The third-order valence-electron chi connectivity index (χ3n) is 4.85. The molecule has 8 nitrogen and oxygen atoms in total. The molecule has 0 unspecified atom stereocenters. The maximum absolute atomic E-state index is 12.5. The van der Waals surface area contributed by atoms with E-state index in [0.29, 0.717) is 18.2 Å². The van der Waals surface area contributed by atoms with Gasteiger partial charge in [-0.05, 0) is 25.5 Å². The Bertz CT molecular complexity index is 1080. The molecule has 3 heterocycles. The van der Waals surface area contributed by atoms with E-state index in [4.69, 9.17) is 0 Å². The van der Waals surface area contributed by atoms with Crippen molar-refractivity contribution in [3.05, 3.63) is 64.2 Å². The molecule has 2 amide bonds. The second-order valence-corrected chi connectivity index (χ2v) is 8.34. The molecule has 0 saturated heterocycles. The number of hydrogen-bond donors (Lipinski definition) is 2. The summed E-state index contributed by atoms with van der Waals surface area (Å²) >= 11 is 1.43. The standard InChI is InChI=1S/C21H22N6O2S/c1-13-3-4-15(14(2)9-13)24-19(28)12-27-8-5-16-18(11-27)30-21(25-16)26-20(29)17-10-22-6-7-23-17/h3-4,6-7,9-10H,5,8,11-12H2,1-2H3,(H,24,28)(H,25,26,29). The highest BCUT2D eigenvalue weighted by molar-refractivity contribution is 7.15. The van der Waals surface area contributed by atoms with Gasteiger partial charge in [0.2, 0.25) is 5.91 Å². The van der Waals surface area contributed by atoms with Crippen LogP contribution in [-0.2, 0) is 17.8 Å². The normalized spacial score (nSPS) is 13.5. The predicted molar refractivity (Wildman–Crippen MR) is 116 cm³/mol. The summed E-state index contributed by atoms with van der Waals surface area (Å²) in [4.78, 5) is 40.3. The molecule has 4 rings (SSSR count). The molecule has 0 atom stereocenters. The summed E-state index contributed by atoms with van der Waals surface area (Å²) in [5, 5.41) is 6.32. The van der Waals surface area contributed by atoms with Crippen LogP contribution in [-0.4, -0.2) is 44.8 Å². The zero-order valence-corrected chi connectivity index (χ0v) is 17.6. The second kappa shape index (κ2) is 8.68. The number of carbonyl (C=O) groups excluding carboxylic acids is 2. The lowest BCUT2D eigenvalue weighted by molar-refractivity contribution is -0.117. The Labute approximate surface area is 178 Å². The number of aromatic nitrogens is 3. The number of nitrogens with one attached hydrogen (secondary N) is 2. The molecule has 30 heavy (non-hydrogen) atoms. The number of carbonyl (C=O) groups is 2. The minimum Gasteiger partial charge on any atom is -0.325 e. The number of hydrogen-bond acceptors (Lipinski definition) is 7. The maximum atomic E-state index is 12.5.